The number of nitrogens with one attached hydrogen (secondary N) is 2. The fourth-order valence-corrected chi connectivity index (χ4v) is 3.32. The number of rotatable bonds is 5. The summed E-state index contributed by atoms with van der Waals surface area (Å²) in [6.07, 6.45) is 0.781. The highest BCUT2D eigenvalue weighted by Crippen LogP contribution is 2.34. The molecule has 0 aromatic heterocycles. The minimum atomic E-state index is -0.473. The Bertz CT molecular complexity index is 815. The van der Waals surface area contributed by atoms with Crippen LogP contribution in [-0.4, -0.2) is 11.8 Å². The van der Waals surface area contributed by atoms with Gasteiger partial charge in [-0.25, -0.2) is 0 Å². The molecule has 0 unspecified atom stereocenters. The smallest absolute Gasteiger partial charge is 0.255 e. The maximum atomic E-state index is 12.6. The Morgan fingerprint density at radius 1 is 0.852 bits per heavy atom. The van der Waals surface area contributed by atoms with E-state index in [2.05, 4.69) is 31.4 Å². The lowest BCUT2D eigenvalue weighted by Crippen LogP contribution is -2.34. The summed E-state index contributed by atoms with van der Waals surface area (Å²) in [5.41, 5.74) is 2.64. The van der Waals surface area contributed by atoms with Crippen molar-refractivity contribution in [2.45, 2.75) is 48.0 Å². The predicted octanol–water partition coefficient (Wildman–Crippen LogP) is 5.65. The molecule has 0 saturated heterocycles. The number of benzene rings is 2. The average molecular weight is 367 g/mol. The maximum Gasteiger partial charge on any atom is 0.255 e. The topological polar surface area (TPSA) is 58.2 Å². The number of anilines is 2. The quantitative estimate of drug-likeness (QED) is 0.718. The fourth-order valence-electron chi connectivity index (χ4n) is 3.32. The third kappa shape index (κ3) is 5.95. The van der Waals surface area contributed by atoms with E-state index < -0.39 is 5.41 Å². The molecular formula is C23H30N2O2. The van der Waals surface area contributed by atoms with Crippen molar-refractivity contribution in [2.75, 3.05) is 10.6 Å². The Kier molecular flexibility index (Phi) is 6.09. The molecule has 0 fully saturated rings. The highest BCUT2D eigenvalue weighted by Gasteiger charge is 2.32. The molecule has 4 heteroatoms. The molecule has 0 bridgehead atoms. The lowest BCUT2D eigenvalue weighted by molar-refractivity contribution is -0.125. The van der Waals surface area contributed by atoms with Crippen LogP contribution in [0.15, 0.2) is 48.5 Å². The minimum absolute atomic E-state index is 0.0189. The van der Waals surface area contributed by atoms with Gasteiger partial charge in [-0.1, -0.05) is 52.8 Å². The van der Waals surface area contributed by atoms with Crippen LogP contribution in [0.5, 0.6) is 0 Å². The Morgan fingerprint density at radius 2 is 1.44 bits per heavy atom. The summed E-state index contributed by atoms with van der Waals surface area (Å²) in [4.78, 5) is 25.0. The molecule has 0 aliphatic rings. The van der Waals surface area contributed by atoms with Gasteiger partial charge in [-0.2, -0.15) is 0 Å². The summed E-state index contributed by atoms with van der Waals surface area (Å²) in [6, 6.07) is 14.6. The zero-order valence-electron chi connectivity index (χ0n) is 17.1. The van der Waals surface area contributed by atoms with Crippen LogP contribution >= 0.6 is 0 Å². The second-order valence-corrected chi connectivity index (χ2v) is 8.92. The first-order chi connectivity index (χ1) is 12.5. The van der Waals surface area contributed by atoms with Crippen LogP contribution in [0.4, 0.5) is 11.4 Å². The molecule has 2 amide bonds. The lowest BCUT2D eigenvalue weighted by atomic mass is 9.75. The van der Waals surface area contributed by atoms with Gasteiger partial charge < -0.3 is 10.6 Å². The van der Waals surface area contributed by atoms with Crippen LogP contribution < -0.4 is 10.6 Å². The Morgan fingerprint density at radius 3 is 2.00 bits per heavy atom. The first-order valence-electron chi connectivity index (χ1n) is 9.26. The molecule has 2 aromatic carbocycles. The molecule has 0 aliphatic heterocycles. The lowest BCUT2D eigenvalue weighted by Gasteiger charge is -2.31. The van der Waals surface area contributed by atoms with Gasteiger partial charge in [0.25, 0.3) is 5.91 Å². The first-order valence-corrected chi connectivity index (χ1v) is 9.26. The van der Waals surface area contributed by atoms with Gasteiger partial charge in [-0.15, -0.1) is 0 Å². The van der Waals surface area contributed by atoms with E-state index in [0.717, 1.165) is 17.7 Å². The predicted molar refractivity (Wildman–Crippen MR) is 112 cm³/mol. The number of carbonyl (C=O) groups is 2. The van der Waals surface area contributed by atoms with Gasteiger partial charge in [0.1, 0.15) is 0 Å². The number of aryl methyl sites for hydroxylation is 1. The Hall–Kier alpha value is -2.62. The number of hydrogen-bond donors (Lipinski definition) is 2. The molecule has 2 rings (SSSR count). The fraction of sp³-hybridized carbons (Fsp3) is 0.391. The normalized spacial score (nSPS) is 11.8. The van der Waals surface area contributed by atoms with E-state index in [4.69, 9.17) is 0 Å². The molecule has 0 atom stereocenters. The largest absolute Gasteiger partial charge is 0.326 e. The van der Waals surface area contributed by atoms with E-state index in [1.54, 1.807) is 24.3 Å². The van der Waals surface area contributed by atoms with Crippen molar-refractivity contribution in [3.63, 3.8) is 0 Å². The number of hydrogen-bond acceptors (Lipinski definition) is 2. The van der Waals surface area contributed by atoms with Gasteiger partial charge in [0.15, 0.2) is 0 Å². The van der Waals surface area contributed by atoms with Crippen molar-refractivity contribution in [2.24, 2.45) is 10.8 Å². The molecule has 0 spiro atoms. The maximum absolute atomic E-state index is 12.6. The van der Waals surface area contributed by atoms with Gasteiger partial charge >= 0.3 is 0 Å². The van der Waals surface area contributed by atoms with Gasteiger partial charge in [0.2, 0.25) is 5.91 Å². The van der Waals surface area contributed by atoms with Crippen LogP contribution in [0.25, 0.3) is 0 Å². The third-order valence-electron chi connectivity index (χ3n) is 4.39. The molecule has 27 heavy (non-hydrogen) atoms. The number of para-hydroxylation sites is 1. The van der Waals surface area contributed by atoms with E-state index in [9.17, 15) is 9.59 Å². The van der Waals surface area contributed by atoms with E-state index >= 15 is 0 Å². The van der Waals surface area contributed by atoms with E-state index in [0.29, 0.717) is 11.3 Å². The molecule has 4 nitrogen and oxygen atoms in total. The van der Waals surface area contributed by atoms with Crippen molar-refractivity contribution in [1.82, 2.24) is 0 Å². The average Bonchev–Trinajstić information content (AvgIpc) is 2.55. The molecule has 2 aromatic rings. The van der Waals surface area contributed by atoms with E-state index in [1.807, 2.05) is 45.0 Å². The van der Waals surface area contributed by atoms with Crippen LogP contribution in [0, 0.1) is 17.8 Å². The summed E-state index contributed by atoms with van der Waals surface area (Å²) in [6.45, 7) is 12.3. The van der Waals surface area contributed by atoms with Crippen molar-refractivity contribution in [3.05, 3.63) is 59.7 Å². The molecule has 0 aliphatic carbocycles. The molecule has 144 valence electrons. The summed E-state index contributed by atoms with van der Waals surface area (Å²) in [7, 11) is 0. The first kappa shape index (κ1) is 20.7. The van der Waals surface area contributed by atoms with Crippen LogP contribution in [0.2, 0.25) is 0 Å². The Balaban J connectivity index is 2.03. The molecule has 0 heterocycles. The summed E-state index contributed by atoms with van der Waals surface area (Å²) in [5.74, 6) is -0.190. The van der Waals surface area contributed by atoms with Gasteiger partial charge in [-0.3, -0.25) is 9.59 Å². The zero-order valence-corrected chi connectivity index (χ0v) is 17.1. The van der Waals surface area contributed by atoms with Crippen LogP contribution in [-0.2, 0) is 4.79 Å². The summed E-state index contributed by atoms with van der Waals surface area (Å²) in [5, 5.41) is 5.87. The molecule has 2 N–H and O–H groups in total. The molecular weight excluding hydrogens is 336 g/mol. The number of carbonyl (C=O) groups excluding carboxylic acids is 2. The highest BCUT2D eigenvalue weighted by atomic mass is 16.2. The molecule has 0 saturated carbocycles. The molecule has 0 radical (unpaired) electrons. The van der Waals surface area contributed by atoms with Crippen molar-refractivity contribution in [1.29, 1.82) is 0 Å². The minimum Gasteiger partial charge on any atom is -0.326 e. The van der Waals surface area contributed by atoms with Gasteiger partial charge in [0, 0.05) is 22.4 Å². The summed E-state index contributed by atoms with van der Waals surface area (Å²) >= 11 is 0. The standard InChI is InChI=1S/C23H30N2O2/c1-16-9-7-8-10-19(16)25-20(26)17-11-13-18(14-12-17)24-21(27)23(5,6)15-22(2,3)4/h7-14H,15H2,1-6H3,(H,24,27)(H,25,26). The third-order valence-corrected chi connectivity index (χ3v) is 4.39. The van der Waals surface area contributed by atoms with Gasteiger partial charge in [0.05, 0.1) is 0 Å². The second-order valence-electron chi connectivity index (χ2n) is 8.92. The highest BCUT2D eigenvalue weighted by molar-refractivity contribution is 6.05. The summed E-state index contributed by atoms with van der Waals surface area (Å²) < 4.78 is 0. The van der Waals surface area contributed by atoms with Crippen molar-refractivity contribution < 1.29 is 9.59 Å². The van der Waals surface area contributed by atoms with E-state index in [1.165, 1.54) is 0 Å². The monoisotopic (exact) mass is 366 g/mol. The van der Waals surface area contributed by atoms with E-state index in [-0.39, 0.29) is 17.2 Å². The van der Waals surface area contributed by atoms with Crippen molar-refractivity contribution in [3.8, 4) is 0 Å². The number of amides is 2. The van der Waals surface area contributed by atoms with Crippen molar-refractivity contribution >= 4 is 23.2 Å². The zero-order chi connectivity index (χ0) is 20.2. The second kappa shape index (κ2) is 7.95. The SMILES string of the molecule is Cc1ccccc1NC(=O)c1ccc(NC(=O)C(C)(C)CC(C)(C)C)cc1. The Labute approximate surface area is 162 Å². The van der Waals surface area contributed by atoms with Gasteiger partial charge in [-0.05, 0) is 54.7 Å². The van der Waals surface area contributed by atoms with Crippen LogP contribution in [0.3, 0.4) is 0 Å². The van der Waals surface area contributed by atoms with Crippen LogP contribution in [0.1, 0.15) is 57.0 Å².